The van der Waals surface area contributed by atoms with Crippen LogP contribution in [-0.2, 0) is 0 Å². The Balaban J connectivity index is 2.93. The minimum absolute atomic E-state index is 0.788. The summed E-state index contributed by atoms with van der Waals surface area (Å²) >= 11 is 6.01. The average Bonchev–Trinajstić information content (AvgIpc) is 2.45. The molecule has 0 atom stereocenters. The topological polar surface area (TPSA) is 28.7 Å². The van der Waals surface area contributed by atoms with Crippen LogP contribution in [0.25, 0.3) is 10.9 Å². The molecule has 2 nitrogen and oxygen atoms in total. The molecule has 2 rings (SSSR count). The Bertz CT molecular complexity index is 392. The van der Waals surface area contributed by atoms with E-state index in [1.807, 2.05) is 25.3 Å². The summed E-state index contributed by atoms with van der Waals surface area (Å²) in [6.07, 6.45) is 1.81. The lowest BCUT2D eigenvalue weighted by Gasteiger charge is -1.95. The zero-order valence-electron chi connectivity index (χ0n) is 6.06. The molecule has 11 heavy (non-hydrogen) atoms. The van der Waals surface area contributed by atoms with Crippen LogP contribution in [0.5, 0.6) is 0 Å². The van der Waals surface area contributed by atoms with Crippen LogP contribution in [0.15, 0.2) is 18.3 Å². The van der Waals surface area contributed by atoms with Gasteiger partial charge in [0, 0.05) is 11.6 Å². The van der Waals surface area contributed by atoms with E-state index in [1.165, 1.54) is 0 Å². The van der Waals surface area contributed by atoms with Gasteiger partial charge in [-0.05, 0) is 18.6 Å². The zero-order chi connectivity index (χ0) is 7.84. The first-order valence-electron chi connectivity index (χ1n) is 3.37. The van der Waals surface area contributed by atoms with Crippen LogP contribution in [-0.4, -0.2) is 10.2 Å². The highest BCUT2D eigenvalue weighted by atomic mass is 35.5. The highest BCUT2D eigenvalue weighted by Gasteiger charge is 2.02. The van der Waals surface area contributed by atoms with Gasteiger partial charge in [-0.2, -0.15) is 5.10 Å². The number of aromatic nitrogens is 2. The SMILES string of the molecule is Cc1ccc2n[nH]cc2c1Cl. The fourth-order valence-corrected chi connectivity index (χ4v) is 1.31. The summed E-state index contributed by atoms with van der Waals surface area (Å²) in [6, 6.07) is 3.92. The molecule has 1 aromatic heterocycles. The lowest BCUT2D eigenvalue weighted by Crippen LogP contribution is -1.74. The molecule has 1 heterocycles. The Kier molecular flexibility index (Phi) is 1.36. The van der Waals surface area contributed by atoms with Crippen LogP contribution in [0.3, 0.4) is 0 Å². The van der Waals surface area contributed by atoms with Crippen molar-refractivity contribution in [2.24, 2.45) is 0 Å². The van der Waals surface area contributed by atoms with Crippen molar-refractivity contribution < 1.29 is 0 Å². The van der Waals surface area contributed by atoms with Gasteiger partial charge in [-0.3, -0.25) is 5.10 Å². The van der Waals surface area contributed by atoms with E-state index in [0.29, 0.717) is 0 Å². The van der Waals surface area contributed by atoms with E-state index in [4.69, 9.17) is 11.6 Å². The van der Waals surface area contributed by atoms with Gasteiger partial charge in [0.1, 0.15) is 0 Å². The maximum atomic E-state index is 6.01. The molecule has 2 aromatic rings. The molecule has 0 unspecified atom stereocenters. The number of aromatic amines is 1. The van der Waals surface area contributed by atoms with Crippen molar-refractivity contribution in [3.05, 3.63) is 28.9 Å². The normalized spacial score (nSPS) is 10.7. The van der Waals surface area contributed by atoms with E-state index in [-0.39, 0.29) is 0 Å². The molecular formula is C8H7ClN2. The molecule has 0 bridgehead atoms. The van der Waals surface area contributed by atoms with Gasteiger partial charge in [0.15, 0.2) is 0 Å². The highest BCUT2D eigenvalue weighted by molar-refractivity contribution is 6.36. The lowest BCUT2D eigenvalue weighted by atomic mass is 10.2. The number of nitrogens with one attached hydrogen (secondary N) is 1. The summed E-state index contributed by atoms with van der Waals surface area (Å²) in [6.45, 7) is 1.98. The first-order chi connectivity index (χ1) is 5.29. The fourth-order valence-electron chi connectivity index (χ4n) is 1.09. The molecule has 0 radical (unpaired) electrons. The van der Waals surface area contributed by atoms with Crippen LogP contribution in [0.1, 0.15) is 5.56 Å². The molecule has 0 aliphatic heterocycles. The van der Waals surface area contributed by atoms with E-state index in [1.54, 1.807) is 0 Å². The minimum Gasteiger partial charge on any atom is -0.284 e. The molecule has 0 saturated carbocycles. The van der Waals surface area contributed by atoms with Crippen LogP contribution in [0.4, 0.5) is 0 Å². The van der Waals surface area contributed by atoms with Crippen LogP contribution in [0.2, 0.25) is 5.02 Å². The summed E-state index contributed by atoms with van der Waals surface area (Å²) in [4.78, 5) is 0. The minimum atomic E-state index is 0.788. The van der Waals surface area contributed by atoms with Crippen LogP contribution >= 0.6 is 11.6 Å². The molecule has 56 valence electrons. The number of benzene rings is 1. The van der Waals surface area contributed by atoms with Crippen molar-refractivity contribution >= 4 is 22.5 Å². The van der Waals surface area contributed by atoms with E-state index < -0.39 is 0 Å². The van der Waals surface area contributed by atoms with Crippen LogP contribution in [0, 0.1) is 6.92 Å². The third-order valence-electron chi connectivity index (χ3n) is 1.74. The summed E-state index contributed by atoms with van der Waals surface area (Å²) in [5.41, 5.74) is 2.00. The van der Waals surface area contributed by atoms with Crippen molar-refractivity contribution in [3.8, 4) is 0 Å². The molecule has 0 aliphatic rings. The molecule has 1 aromatic carbocycles. The number of H-pyrrole nitrogens is 1. The van der Waals surface area contributed by atoms with Gasteiger partial charge in [-0.25, -0.2) is 0 Å². The van der Waals surface area contributed by atoms with Gasteiger partial charge in [-0.1, -0.05) is 17.7 Å². The van der Waals surface area contributed by atoms with E-state index >= 15 is 0 Å². The van der Waals surface area contributed by atoms with Crippen molar-refractivity contribution in [1.29, 1.82) is 0 Å². The first-order valence-corrected chi connectivity index (χ1v) is 3.75. The lowest BCUT2D eigenvalue weighted by molar-refractivity contribution is 1.12. The number of hydrogen-bond donors (Lipinski definition) is 1. The average molecular weight is 167 g/mol. The third-order valence-corrected chi connectivity index (χ3v) is 2.25. The van der Waals surface area contributed by atoms with Crippen molar-refractivity contribution in [3.63, 3.8) is 0 Å². The van der Waals surface area contributed by atoms with Crippen molar-refractivity contribution in [1.82, 2.24) is 10.2 Å². The second kappa shape index (κ2) is 2.24. The van der Waals surface area contributed by atoms with Crippen LogP contribution < -0.4 is 0 Å². The molecule has 0 saturated heterocycles. The number of nitrogens with zero attached hydrogens (tertiary/aromatic N) is 1. The second-order valence-electron chi connectivity index (χ2n) is 2.51. The fraction of sp³-hybridized carbons (Fsp3) is 0.125. The van der Waals surface area contributed by atoms with Crippen molar-refractivity contribution in [2.75, 3.05) is 0 Å². The third kappa shape index (κ3) is 0.906. The van der Waals surface area contributed by atoms with E-state index in [9.17, 15) is 0 Å². The quantitative estimate of drug-likeness (QED) is 0.640. The number of rotatable bonds is 0. The predicted molar refractivity (Wildman–Crippen MR) is 45.8 cm³/mol. The number of fused-ring (bicyclic) bond motifs is 1. The standard InChI is InChI=1S/C8H7ClN2/c1-5-2-3-7-6(8(5)9)4-10-11-7/h2-4H,1H3,(H,10,11). The first kappa shape index (κ1) is 6.68. The molecule has 1 N–H and O–H groups in total. The van der Waals surface area contributed by atoms with Crippen molar-refractivity contribution in [2.45, 2.75) is 6.92 Å². The largest absolute Gasteiger partial charge is 0.284 e. The number of hydrogen-bond acceptors (Lipinski definition) is 1. The predicted octanol–water partition coefficient (Wildman–Crippen LogP) is 2.52. The Morgan fingerprint density at radius 1 is 1.45 bits per heavy atom. The Hall–Kier alpha value is -1.02. The van der Waals surface area contributed by atoms with Gasteiger partial charge in [-0.15, -0.1) is 0 Å². The monoisotopic (exact) mass is 166 g/mol. The maximum absolute atomic E-state index is 6.01. The van der Waals surface area contributed by atoms with E-state index in [2.05, 4.69) is 10.2 Å². The summed E-state index contributed by atoms with van der Waals surface area (Å²) < 4.78 is 0. The zero-order valence-corrected chi connectivity index (χ0v) is 6.81. The van der Waals surface area contributed by atoms with Gasteiger partial charge in [0.25, 0.3) is 0 Å². The van der Waals surface area contributed by atoms with E-state index in [0.717, 1.165) is 21.5 Å². The summed E-state index contributed by atoms with van der Waals surface area (Å²) in [5, 5.41) is 8.56. The Morgan fingerprint density at radius 2 is 2.27 bits per heavy atom. The summed E-state index contributed by atoms with van der Waals surface area (Å²) in [7, 11) is 0. The molecular weight excluding hydrogens is 160 g/mol. The Labute approximate surface area is 69.2 Å². The van der Waals surface area contributed by atoms with Gasteiger partial charge >= 0.3 is 0 Å². The Morgan fingerprint density at radius 3 is 3.09 bits per heavy atom. The second-order valence-corrected chi connectivity index (χ2v) is 2.89. The van der Waals surface area contributed by atoms with Gasteiger partial charge < -0.3 is 0 Å². The summed E-state index contributed by atoms with van der Waals surface area (Å²) in [5.74, 6) is 0. The van der Waals surface area contributed by atoms with Gasteiger partial charge in [0.05, 0.1) is 10.5 Å². The molecule has 3 heteroatoms. The smallest absolute Gasteiger partial charge is 0.0936 e. The molecule has 0 amide bonds. The highest BCUT2D eigenvalue weighted by Crippen LogP contribution is 2.24. The maximum Gasteiger partial charge on any atom is 0.0936 e. The number of aryl methyl sites for hydroxylation is 1. The molecule has 0 spiro atoms. The molecule has 0 aliphatic carbocycles. The molecule has 0 fully saturated rings. The number of halogens is 1. The van der Waals surface area contributed by atoms with Gasteiger partial charge in [0.2, 0.25) is 0 Å².